The first kappa shape index (κ1) is 8.36. The first-order valence-corrected chi connectivity index (χ1v) is 4.66. The number of H-pyrrole nitrogens is 1. The molecule has 0 atom stereocenters. The van der Waals surface area contributed by atoms with Gasteiger partial charge in [0.1, 0.15) is 0 Å². The van der Waals surface area contributed by atoms with E-state index in [4.69, 9.17) is 0 Å². The molecule has 0 radical (unpaired) electrons. The number of rotatable bonds is 0. The number of fused-ring (bicyclic) bond motifs is 1. The molecule has 0 bridgehead atoms. The predicted octanol–water partition coefficient (Wildman–Crippen LogP) is 3.40. The fraction of sp³-hybridized carbons (Fsp3) is 0.333. The molecule has 0 unspecified atom stereocenters. The van der Waals surface area contributed by atoms with Crippen LogP contribution in [0, 0.1) is 27.7 Å². The fourth-order valence-corrected chi connectivity index (χ4v) is 2.18. The Bertz CT molecular complexity index is 421. The Morgan fingerprint density at radius 1 is 0.769 bits per heavy atom. The first-order valence-electron chi connectivity index (χ1n) is 4.66. The van der Waals surface area contributed by atoms with Gasteiger partial charge in [0.05, 0.1) is 0 Å². The van der Waals surface area contributed by atoms with Crippen molar-refractivity contribution in [3.05, 3.63) is 34.6 Å². The van der Waals surface area contributed by atoms with Crippen molar-refractivity contribution < 1.29 is 0 Å². The Labute approximate surface area is 78.8 Å². The van der Waals surface area contributed by atoms with Crippen LogP contribution in [0.3, 0.4) is 0 Å². The third-order valence-electron chi connectivity index (χ3n) is 2.75. The van der Waals surface area contributed by atoms with Crippen molar-refractivity contribution in [3.63, 3.8) is 0 Å². The van der Waals surface area contributed by atoms with Crippen molar-refractivity contribution in [2.24, 2.45) is 0 Å². The lowest BCUT2D eigenvalue weighted by molar-refractivity contribution is 1.20. The van der Waals surface area contributed by atoms with Gasteiger partial charge in [-0.1, -0.05) is 12.1 Å². The Kier molecular flexibility index (Phi) is 1.69. The van der Waals surface area contributed by atoms with E-state index in [9.17, 15) is 0 Å². The lowest BCUT2D eigenvalue weighted by atomic mass is 10.0. The van der Waals surface area contributed by atoms with E-state index in [1.807, 2.05) is 0 Å². The topological polar surface area (TPSA) is 15.8 Å². The van der Waals surface area contributed by atoms with Crippen LogP contribution in [0.2, 0.25) is 0 Å². The molecular formula is C12H15N. The van der Waals surface area contributed by atoms with E-state index in [-0.39, 0.29) is 0 Å². The van der Waals surface area contributed by atoms with Crippen molar-refractivity contribution in [1.29, 1.82) is 0 Å². The van der Waals surface area contributed by atoms with E-state index >= 15 is 0 Å². The molecule has 0 aliphatic heterocycles. The standard InChI is InChI=1S/C12H15N/c1-7-5-6-8(2)12-10(4)13-9(3)11(7)12/h5-6,13H,1-4H3. The molecule has 2 aromatic rings. The van der Waals surface area contributed by atoms with Crippen molar-refractivity contribution in [1.82, 2.24) is 4.98 Å². The fourth-order valence-electron chi connectivity index (χ4n) is 2.18. The van der Waals surface area contributed by atoms with Gasteiger partial charge in [0, 0.05) is 22.2 Å². The van der Waals surface area contributed by atoms with Crippen LogP contribution < -0.4 is 0 Å². The normalized spacial score (nSPS) is 11.1. The lowest BCUT2D eigenvalue weighted by Crippen LogP contribution is -1.80. The average Bonchev–Trinajstić information content (AvgIpc) is 2.36. The number of aromatic amines is 1. The number of nitrogens with one attached hydrogen (secondary N) is 1. The Morgan fingerprint density at radius 2 is 1.15 bits per heavy atom. The van der Waals surface area contributed by atoms with Crippen LogP contribution in [-0.2, 0) is 0 Å². The molecule has 0 saturated carbocycles. The van der Waals surface area contributed by atoms with Crippen LogP contribution >= 0.6 is 0 Å². The smallest absolute Gasteiger partial charge is 0.0200 e. The molecular weight excluding hydrogens is 158 g/mol. The molecule has 1 aromatic heterocycles. The highest BCUT2D eigenvalue weighted by Gasteiger charge is 2.08. The van der Waals surface area contributed by atoms with Crippen LogP contribution in [0.15, 0.2) is 12.1 Å². The van der Waals surface area contributed by atoms with E-state index < -0.39 is 0 Å². The summed E-state index contributed by atoms with van der Waals surface area (Å²) < 4.78 is 0. The summed E-state index contributed by atoms with van der Waals surface area (Å²) in [5.74, 6) is 0. The molecule has 1 heterocycles. The largest absolute Gasteiger partial charge is 0.362 e. The highest BCUT2D eigenvalue weighted by atomic mass is 14.7. The summed E-state index contributed by atoms with van der Waals surface area (Å²) in [5.41, 5.74) is 5.30. The van der Waals surface area contributed by atoms with E-state index in [1.165, 1.54) is 33.3 Å². The molecule has 0 spiro atoms. The summed E-state index contributed by atoms with van der Waals surface area (Å²) in [6.45, 7) is 8.62. The van der Waals surface area contributed by atoms with Gasteiger partial charge in [-0.05, 0) is 38.8 Å². The van der Waals surface area contributed by atoms with E-state index in [2.05, 4.69) is 44.8 Å². The Hall–Kier alpha value is -1.24. The highest BCUT2D eigenvalue weighted by Crippen LogP contribution is 2.27. The predicted molar refractivity (Wildman–Crippen MR) is 57.2 cm³/mol. The molecule has 1 heteroatoms. The second-order valence-electron chi connectivity index (χ2n) is 3.82. The summed E-state index contributed by atoms with van der Waals surface area (Å²) >= 11 is 0. The van der Waals surface area contributed by atoms with Gasteiger partial charge in [-0.25, -0.2) is 0 Å². The highest BCUT2D eigenvalue weighted by molar-refractivity contribution is 5.93. The van der Waals surface area contributed by atoms with Crippen LogP contribution in [0.4, 0.5) is 0 Å². The number of hydrogen-bond donors (Lipinski definition) is 1. The van der Waals surface area contributed by atoms with Gasteiger partial charge < -0.3 is 4.98 Å². The number of aromatic nitrogens is 1. The molecule has 1 nitrogen and oxygen atoms in total. The summed E-state index contributed by atoms with van der Waals surface area (Å²) in [6, 6.07) is 4.38. The average molecular weight is 173 g/mol. The van der Waals surface area contributed by atoms with E-state index in [0.717, 1.165) is 0 Å². The number of hydrogen-bond acceptors (Lipinski definition) is 0. The quantitative estimate of drug-likeness (QED) is 0.628. The number of aryl methyl sites for hydroxylation is 4. The van der Waals surface area contributed by atoms with E-state index in [1.54, 1.807) is 0 Å². The van der Waals surface area contributed by atoms with Gasteiger partial charge in [-0.3, -0.25) is 0 Å². The molecule has 0 aliphatic rings. The SMILES string of the molecule is Cc1ccc(C)c2c(C)[nH]c(C)c12. The lowest BCUT2D eigenvalue weighted by Gasteiger charge is -2.01. The second-order valence-corrected chi connectivity index (χ2v) is 3.82. The minimum Gasteiger partial charge on any atom is -0.362 e. The molecule has 1 N–H and O–H groups in total. The van der Waals surface area contributed by atoms with Crippen LogP contribution in [0.5, 0.6) is 0 Å². The van der Waals surface area contributed by atoms with Gasteiger partial charge in [0.25, 0.3) is 0 Å². The van der Waals surface area contributed by atoms with Gasteiger partial charge in [0.2, 0.25) is 0 Å². The minimum atomic E-state index is 1.29. The van der Waals surface area contributed by atoms with Crippen molar-refractivity contribution in [2.45, 2.75) is 27.7 Å². The molecule has 68 valence electrons. The van der Waals surface area contributed by atoms with Crippen LogP contribution in [0.1, 0.15) is 22.5 Å². The first-order chi connectivity index (χ1) is 6.11. The van der Waals surface area contributed by atoms with Crippen molar-refractivity contribution in [2.75, 3.05) is 0 Å². The molecule has 13 heavy (non-hydrogen) atoms. The summed E-state index contributed by atoms with van der Waals surface area (Å²) in [4.78, 5) is 3.40. The zero-order valence-electron chi connectivity index (χ0n) is 8.65. The molecule has 0 saturated heterocycles. The zero-order chi connectivity index (χ0) is 9.59. The van der Waals surface area contributed by atoms with Crippen molar-refractivity contribution >= 4 is 10.8 Å². The minimum absolute atomic E-state index is 1.29. The third kappa shape index (κ3) is 1.07. The zero-order valence-corrected chi connectivity index (χ0v) is 8.65. The maximum atomic E-state index is 3.40. The monoisotopic (exact) mass is 173 g/mol. The second kappa shape index (κ2) is 2.63. The van der Waals surface area contributed by atoms with Crippen molar-refractivity contribution in [3.8, 4) is 0 Å². The molecule has 1 aromatic carbocycles. The Morgan fingerprint density at radius 3 is 1.54 bits per heavy atom. The summed E-state index contributed by atoms with van der Waals surface area (Å²) in [6.07, 6.45) is 0. The van der Waals surface area contributed by atoms with Crippen LogP contribution in [-0.4, -0.2) is 4.98 Å². The molecule has 2 rings (SSSR count). The maximum absolute atomic E-state index is 3.40. The molecule has 0 aliphatic carbocycles. The summed E-state index contributed by atoms with van der Waals surface area (Å²) in [5, 5.41) is 2.80. The summed E-state index contributed by atoms with van der Waals surface area (Å²) in [7, 11) is 0. The van der Waals surface area contributed by atoms with Gasteiger partial charge >= 0.3 is 0 Å². The molecule has 0 fully saturated rings. The third-order valence-corrected chi connectivity index (χ3v) is 2.75. The maximum Gasteiger partial charge on any atom is 0.0200 e. The van der Waals surface area contributed by atoms with Gasteiger partial charge in [-0.2, -0.15) is 0 Å². The van der Waals surface area contributed by atoms with Gasteiger partial charge in [-0.15, -0.1) is 0 Å². The van der Waals surface area contributed by atoms with E-state index in [0.29, 0.717) is 0 Å². The van der Waals surface area contributed by atoms with Crippen LogP contribution in [0.25, 0.3) is 10.8 Å². The Balaban J connectivity index is 3.03. The van der Waals surface area contributed by atoms with Gasteiger partial charge in [0.15, 0.2) is 0 Å². The molecule has 0 amide bonds. The number of benzene rings is 1.